The zero-order valence-corrected chi connectivity index (χ0v) is 25.7. The molecule has 12 nitrogen and oxygen atoms in total. The van der Waals surface area contributed by atoms with Crippen molar-refractivity contribution in [3.05, 3.63) is 58.7 Å². The van der Waals surface area contributed by atoms with E-state index in [9.17, 15) is 45.6 Å². The van der Waals surface area contributed by atoms with Gasteiger partial charge in [0.1, 0.15) is 61.0 Å². The fourth-order valence-corrected chi connectivity index (χ4v) is 7.14. The third-order valence-corrected chi connectivity index (χ3v) is 9.92. The van der Waals surface area contributed by atoms with Crippen LogP contribution in [0, 0.1) is 23.7 Å². The molecule has 0 radical (unpaired) electrons. The second-order valence-electron chi connectivity index (χ2n) is 12.6. The van der Waals surface area contributed by atoms with Crippen LogP contribution in [0.2, 0.25) is 0 Å². The maximum atomic E-state index is 12.2. The molecule has 8 N–H and O–H groups in total. The maximum absolute atomic E-state index is 12.2. The summed E-state index contributed by atoms with van der Waals surface area (Å²) in [6, 6.07) is 11.6. The average molecular weight is 650 g/mol. The quantitative estimate of drug-likeness (QED) is 0.167. The molecule has 0 unspecified atom stereocenters. The van der Waals surface area contributed by atoms with Crippen LogP contribution in [0.3, 0.4) is 0 Å². The summed E-state index contributed by atoms with van der Waals surface area (Å²) in [7, 11) is 0. The molecule has 12 heteroatoms. The van der Waals surface area contributed by atoms with E-state index in [-0.39, 0.29) is 5.91 Å². The van der Waals surface area contributed by atoms with Crippen molar-refractivity contribution in [1.82, 2.24) is 4.90 Å². The minimum atomic E-state index is -1.53. The van der Waals surface area contributed by atoms with Gasteiger partial charge in [0.2, 0.25) is 5.91 Å². The van der Waals surface area contributed by atoms with E-state index in [1.54, 1.807) is 6.92 Å². The van der Waals surface area contributed by atoms with Crippen molar-refractivity contribution >= 4 is 5.91 Å². The summed E-state index contributed by atoms with van der Waals surface area (Å²) in [5.74, 6) is 11.7. The van der Waals surface area contributed by atoms with Crippen LogP contribution in [0.15, 0.2) is 36.4 Å². The lowest BCUT2D eigenvalue weighted by atomic mass is 9.70. The number of likely N-dealkylation sites (tertiary alicyclic amines) is 1. The molecule has 3 heterocycles. The van der Waals surface area contributed by atoms with Gasteiger partial charge in [0.15, 0.2) is 0 Å². The zero-order chi connectivity index (χ0) is 33.6. The smallest absolute Gasteiger partial charge is 0.219 e. The molecule has 0 bridgehead atoms. The summed E-state index contributed by atoms with van der Waals surface area (Å²) in [6.45, 7) is 1.53. The number of fused-ring (bicyclic) bond motifs is 5. The van der Waals surface area contributed by atoms with Crippen molar-refractivity contribution in [3.63, 3.8) is 0 Å². The lowest BCUT2D eigenvalue weighted by Gasteiger charge is -2.40. The Morgan fingerprint density at radius 3 is 1.53 bits per heavy atom. The number of benzene rings is 2. The summed E-state index contributed by atoms with van der Waals surface area (Å²) in [5, 5.41) is 80.4. The van der Waals surface area contributed by atoms with Crippen molar-refractivity contribution < 1.29 is 55.1 Å². The first-order valence-electron chi connectivity index (χ1n) is 15.7. The van der Waals surface area contributed by atoms with Crippen LogP contribution in [0.4, 0.5) is 0 Å². The summed E-state index contributed by atoms with van der Waals surface area (Å²) >= 11 is 0. The molecule has 0 saturated carbocycles. The van der Waals surface area contributed by atoms with Gasteiger partial charge >= 0.3 is 0 Å². The average Bonchev–Trinajstić information content (AvgIpc) is 3.33. The number of ether oxygens (including phenoxy) is 2. The fraction of sp³-hybridized carbons (Fsp3) is 0.514. The topological polar surface area (TPSA) is 201 Å². The van der Waals surface area contributed by atoms with Gasteiger partial charge in [-0.2, -0.15) is 0 Å². The molecule has 250 valence electrons. The van der Waals surface area contributed by atoms with Gasteiger partial charge in [0, 0.05) is 36.6 Å². The first-order chi connectivity index (χ1) is 22.5. The number of aliphatic hydroxyl groups is 8. The van der Waals surface area contributed by atoms with Gasteiger partial charge in [0.25, 0.3) is 0 Å². The van der Waals surface area contributed by atoms with Crippen molar-refractivity contribution in [2.75, 3.05) is 26.3 Å². The Morgan fingerprint density at radius 1 is 0.723 bits per heavy atom. The maximum Gasteiger partial charge on any atom is 0.219 e. The molecule has 1 aliphatic carbocycles. The Morgan fingerprint density at radius 2 is 1.15 bits per heavy atom. The molecule has 3 aliphatic heterocycles. The van der Waals surface area contributed by atoms with E-state index < -0.39 is 79.7 Å². The Balaban J connectivity index is 1.34. The highest BCUT2D eigenvalue weighted by atomic mass is 16.5. The van der Waals surface area contributed by atoms with Gasteiger partial charge in [-0.3, -0.25) is 4.79 Å². The number of amides is 1. The molecule has 2 aromatic carbocycles. The molecule has 47 heavy (non-hydrogen) atoms. The van der Waals surface area contributed by atoms with Crippen LogP contribution >= 0.6 is 0 Å². The standard InChI is InChI=1S/C35H39NO11/c1-18(39)36-12-10-35(11-13-36)23-14-19(4-8-25-29(40)33(44)31(42)27(16-37)46-25)2-6-21(23)22-7-3-20(15-24(22)35)5-9-26-30(41)34(45)32(43)28(17-38)47-26/h2-3,6-7,14-15,25-34,37-38,40-45H,10-13,16-17H2,1H3/t25-,26-,27-,28-,29+,30+,31+,32+,33-,34-/m0/s1. The molecule has 6 rings (SSSR count). The van der Waals surface area contributed by atoms with Gasteiger partial charge in [-0.05, 0) is 59.4 Å². The van der Waals surface area contributed by atoms with Gasteiger partial charge in [-0.15, -0.1) is 0 Å². The highest BCUT2D eigenvalue weighted by Gasteiger charge is 2.47. The number of carbonyl (C=O) groups is 1. The second-order valence-corrected chi connectivity index (χ2v) is 12.6. The highest BCUT2D eigenvalue weighted by molar-refractivity contribution is 5.83. The first-order valence-corrected chi connectivity index (χ1v) is 15.7. The van der Waals surface area contributed by atoms with E-state index in [0.29, 0.717) is 37.1 Å². The van der Waals surface area contributed by atoms with E-state index in [4.69, 9.17) is 9.47 Å². The van der Waals surface area contributed by atoms with Crippen molar-refractivity contribution in [3.8, 4) is 34.8 Å². The van der Waals surface area contributed by atoms with Crippen molar-refractivity contribution in [1.29, 1.82) is 0 Å². The van der Waals surface area contributed by atoms with Crippen LogP contribution < -0.4 is 0 Å². The minimum Gasteiger partial charge on any atom is -0.394 e. The molecule has 3 fully saturated rings. The third kappa shape index (κ3) is 5.96. The number of aliphatic hydroxyl groups excluding tert-OH is 8. The van der Waals surface area contributed by atoms with Crippen LogP contribution in [0.5, 0.6) is 0 Å². The molecule has 0 aromatic heterocycles. The Kier molecular flexibility index (Phi) is 9.46. The Labute approximate surface area is 271 Å². The summed E-state index contributed by atoms with van der Waals surface area (Å²) < 4.78 is 11.1. The largest absolute Gasteiger partial charge is 0.394 e. The monoisotopic (exact) mass is 649 g/mol. The van der Waals surface area contributed by atoms with Gasteiger partial charge in [0.05, 0.1) is 13.2 Å². The normalized spacial score (nSPS) is 34.0. The van der Waals surface area contributed by atoms with Crippen LogP contribution in [0.25, 0.3) is 11.1 Å². The first kappa shape index (κ1) is 33.5. The fourth-order valence-electron chi connectivity index (χ4n) is 7.14. The number of nitrogens with zero attached hydrogens (tertiary/aromatic N) is 1. The van der Waals surface area contributed by atoms with Gasteiger partial charge in [-0.25, -0.2) is 0 Å². The highest BCUT2D eigenvalue weighted by Crippen LogP contribution is 2.54. The Bertz CT molecular complexity index is 1520. The van der Waals surface area contributed by atoms with Crippen LogP contribution in [0.1, 0.15) is 42.0 Å². The van der Waals surface area contributed by atoms with E-state index in [1.807, 2.05) is 41.3 Å². The number of rotatable bonds is 2. The SMILES string of the molecule is CC(=O)N1CCC2(CC1)c1cc(C#C[C@@H]3O[C@@H](CO)[C@@H](O)[C@@H](O)[C@@H]3O)ccc1-c1ccc(C#C[C@@H]3O[C@@H](CO)[C@@H](O)[C@@H](O)[C@@H]3O)cc12. The number of hydrogen-bond donors (Lipinski definition) is 8. The van der Waals surface area contributed by atoms with Gasteiger partial charge < -0.3 is 55.2 Å². The number of carbonyl (C=O) groups excluding carboxylic acids is 1. The van der Waals surface area contributed by atoms with Crippen LogP contribution in [-0.4, -0.2) is 139 Å². The summed E-state index contributed by atoms with van der Waals surface area (Å²) in [4.78, 5) is 14.0. The van der Waals surface area contributed by atoms with Crippen molar-refractivity contribution in [2.24, 2.45) is 0 Å². The van der Waals surface area contributed by atoms with E-state index in [1.165, 1.54) is 0 Å². The lowest BCUT2D eigenvalue weighted by Crippen LogP contribution is -2.58. The second kappa shape index (κ2) is 13.3. The predicted molar refractivity (Wildman–Crippen MR) is 165 cm³/mol. The molecule has 4 aliphatic rings. The summed E-state index contributed by atoms with van der Waals surface area (Å²) in [6.07, 6.45) is -12.0. The van der Waals surface area contributed by atoms with E-state index in [0.717, 1.165) is 22.3 Å². The molecule has 2 aromatic rings. The van der Waals surface area contributed by atoms with E-state index >= 15 is 0 Å². The molecular weight excluding hydrogens is 610 g/mol. The summed E-state index contributed by atoms with van der Waals surface area (Å²) in [5.41, 5.74) is 4.84. The predicted octanol–water partition coefficient (Wildman–Crippen LogP) is -2.02. The number of piperidine rings is 1. The molecule has 1 spiro atoms. The number of hydrogen-bond acceptors (Lipinski definition) is 11. The third-order valence-electron chi connectivity index (χ3n) is 9.92. The van der Waals surface area contributed by atoms with Crippen LogP contribution in [-0.2, 0) is 19.7 Å². The zero-order valence-electron chi connectivity index (χ0n) is 25.7. The van der Waals surface area contributed by atoms with Crippen molar-refractivity contribution in [2.45, 2.75) is 86.2 Å². The van der Waals surface area contributed by atoms with Gasteiger partial charge in [-0.1, -0.05) is 35.8 Å². The van der Waals surface area contributed by atoms with E-state index in [2.05, 4.69) is 23.7 Å². The lowest BCUT2D eigenvalue weighted by molar-refractivity contribution is -0.214. The molecular formula is C35H39NO11. The molecule has 10 atom stereocenters. The molecule has 3 saturated heterocycles. The minimum absolute atomic E-state index is 0.00316. The molecule has 1 amide bonds. The Hall–Kier alpha value is -3.37.